The average Bonchev–Trinajstić information content (AvgIpc) is 3.88. The van der Waals surface area contributed by atoms with Gasteiger partial charge in [-0.05, 0) is 36.4 Å². The standard InChI is InChI=1S/C15H12O4.C10H10O3.C5H8O3/c1-11(16)18-13-8-5-9-14(10-13)19-15(17)12-6-3-2-4-7-12;11-10(13-7-9-6-12-9)8-4-2-1-3-5-8;1-4(6)7-2-5-3-8-5/h2-10H,1H3;1-5,9H,6-7H2;5H,2-3H2,1H3. The highest BCUT2D eigenvalue weighted by atomic mass is 16.6. The Hall–Kier alpha value is -4.54. The summed E-state index contributed by atoms with van der Waals surface area (Å²) in [6.07, 6.45) is 0.326. The van der Waals surface area contributed by atoms with Gasteiger partial charge in [-0.2, -0.15) is 0 Å². The lowest BCUT2D eigenvalue weighted by atomic mass is 10.2. The summed E-state index contributed by atoms with van der Waals surface area (Å²) in [5.41, 5.74) is 1.04. The van der Waals surface area contributed by atoms with Crippen LogP contribution in [0.25, 0.3) is 0 Å². The number of rotatable bonds is 8. The Bertz CT molecular complexity index is 1250. The molecule has 0 spiro atoms. The minimum atomic E-state index is -0.458. The van der Waals surface area contributed by atoms with E-state index >= 15 is 0 Å². The first-order valence-electron chi connectivity index (χ1n) is 12.4. The molecule has 2 heterocycles. The van der Waals surface area contributed by atoms with Crippen LogP contribution in [0.15, 0.2) is 84.9 Å². The molecule has 5 rings (SSSR count). The second-order valence-electron chi connectivity index (χ2n) is 8.50. The van der Waals surface area contributed by atoms with Gasteiger partial charge in [0, 0.05) is 19.9 Å². The number of esters is 4. The van der Waals surface area contributed by atoms with Crippen molar-refractivity contribution in [3.63, 3.8) is 0 Å². The van der Waals surface area contributed by atoms with E-state index in [0.29, 0.717) is 42.4 Å². The molecule has 2 aliphatic rings. The fraction of sp³-hybridized carbons (Fsp3) is 0.267. The summed E-state index contributed by atoms with van der Waals surface area (Å²) in [5, 5.41) is 0. The average molecular weight is 551 g/mol. The van der Waals surface area contributed by atoms with Crippen LogP contribution in [-0.2, 0) is 28.5 Å². The van der Waals surface area contributed by atoms with Gasteiger partial charge >= 0.3 is 23.9 Å². The van der Waals surface area contributed by atoms with Crippen molar-refractivity contribution in [3.05, 3.63) is 96.1 Å². The van der Waals surface area contributed by atoms with Gasteiger partial charge < -0.3 is 28.4 Å². The maximum absolute atomic E-state index is 11.8. The lowest BCUT2D eigenvalue weighted by molar-refractivity contribution is -0.141. The van der Waals surface area contributed by atoms with Crippen molar-refractivity contribution >= 4 is 23.9 Å². The third-order valence-corrected chi connectivity index (χ3v) is 4.97. The van der Waals surface area contributed by atoms with Crippen LogP contribution in [0, 0.1) is 0 Å². The Morgan fingerprint density at radius 1 is 0.625 bits per heavy atom. The van der Waals surface area contributed by atoms with Gasteiger partial charge in [-0.1, -0.05) is 42.5 Å². The summed E-state index contributed by atoms with van der Waals surface area (Å²) in [6.45, 7) is 4.95. The monoisotopic (exact) mass is 550 g/mol. The van der Waals surface area contributed by atoms with Crippen molar-refractivity contribution in [1.29, 1.82) is 0 Å². The van der Waals surface area contributed by atoms with Crippen molar-refractivity contribution in [2.24, 2.45) is 0 Å². The molecule has 2 aliphatic heterocycles. The van der Waals surface area contributed by atoms with E-state index in [9.17, 15) is 19.2 Å². The van der Waals surface area contributed by atoms with E-state index in [2.05, 4.69) is 4.74 Å². The van der Waals surface area contributed by atoms with Crippen LogP contribution in [0.3, 0.4) is 0 Å². The van der Waals surface area contributed by atoms with Crippen LogP contribution in [0.1, 0.15) is 34.6 Å². The Kier molecular flexibility index (Phi) is 11.8. The molecule has 3 aromatic rings. The zero-order chi connectivity index (χ0) is 28.7. The maximum atomic E-state index is 11.8. The van der Waals surface area contributed by atoms with Crippen LogP contribution in [0.5, 0.6) is 11.5 Å². The molecule has 2 fully saturated rings. The first kappa shape index (κ1) is 30.0. The van der Waals surface area contributed by atoms with E-state index in [1.165, 1.54) is 19.9 Å². The summed E-state index contributed by atoms with van der Waals surface area (Å²) < 4.78 is 29.4. The minimum Gasteiger partial charge on any atom is -0.463 e. The van der Waals surface area contributed by atoms with Gasteiger partial charge in [-0.3, -0.25) is 9.59 Å². The Morgan fingerprint density at radius 2 is 1.10 bits per heavy atom. The van der Waals surface area contributed by atoms with Crippen molar-refractivity contribution in [1.82, 2.24) is 0 Å². The molecule has 210 valence electrons. The Morgan fingerprint density at radius 3 is 1.57 bits per heavy atom. The smallest absolute Gasteiger partial charge is 0.343 e. The number of epoxide rings is 2. The minimum absolute atomic E-state index is 0.132. The first-order valence-corrected chi connectivity index (χ1v) is 12.4. The van der Waals surface area contributed by atoms with E-state index in [4.69, 9.17) is 23.7 Å². The predicted molar refractivity (Wildman–Crippen MR) is 142 cm³/mol. The second-order valence-corrected chi connectivity index (χ2v) is 8.50. The van der Waals surface area contributed by atoms with Crippen molar-refractivity contribution in [3.8, 4) is 11.5 Å². The second kappa shape index (κ2) is 15.8. The summed E-state index contributed by atoms with van der Waals surface area (Å²) in [5.74, 6) is -0.734. The molecule has 2 saturated heterocycles. The van der Waals surface area contributed by atoms with Gasteiger partial charge in [0.15, 0.2) is 0 Å². The number of carbonyl (C=O) groups is 4. The highest BCUT2D eigenvalue weighted by molar-refractivity contribution is 5.91. The topological polar surface area (TPSA) is 130 Å². The van der Waals surface area contributed by atoms with Gasteiger partial charge in [0.25, 0.3) is 0 Å². The number of ether oxygens (including phenoxy) is 6. The van der Waals surface area contributed by atoms with E-state index in [-0.39, 0.29) is 24.1 Å². The van der Waals surface area contributed by atoms with Gasteiger partial charge in [0.1, 0.15) is 36.9 Å². The highest BCUT2D eigenvalue weighted by Crippen LogP contribution is 2.20. The van der Waals surface area contributed by atoms with Crippen molar-refractivity contribution in [2.75, 3.05) is 26.4 Å². The van der Waals surface area contributed by atoms with Crippen LogP contribution in [0.2, 0.25) is 0 Å². The van der Waals surface area contributed by atoms with Gasteiger partial charge in [-0.15, -0.1) is 0 Å². The van der Waals surface area contributed by atoms with E-state index in [0.717, 1.165) is 6.61 Å². The van der Waals surface area contributed by atoms with E-state index < -0.39 is 11.9 Å². The summed E-state index contributed by atoms with van der Waals surface area (Å²) in [7, 11) is 0. The Balaban J connectivity index is 0.000000181. The molecule has 0 bridgehead atoms. The molecule has 0 aliphatic carbocycles. The Labute approximate surface area is 231 Å². The fourth-order valence-corrected chi connectivity index (χ4v) is 2.87. The van der Waals surface area contributed by atoms with Crippen molar-refractivity contribution < 1.29 is 47.6 Å². The number of hydrogen-bond donors (Lipinski definition) is 0. The molecule has 40 heavy (non-hydrogen) atoms. The molecule has 3 aromatic carbocycles. The van der Waals surface area contributed by atoms with Crippen LogP contribution in [0.4, 0.5) is 0 Å². The molecule has 0 saturated carbocycles. The first-order chi connectivity index (χ1) is 19.3. The predicted octanol–water partition coefficient (Wildman–Crippen LogP) is 4.02. The fourth-order valence-electron chi connectivity index (χ4n) is 2.87. The summed E-state index contributed by atoms with van der Waals surface area (Å²) >= 11 is 0. The molecule has 10 nitrogen and oxygen atoms in total. The van der Waals surface area contributed by atoms with Gasteiger partial charge in [0.2, 0.25) is 0 Å². The third kappa shape index (κ3) is 12.3. The SMILES string of the molecule is CC(=O)OCC1CO1.CC(=O)Oc1cccc(OC(=O)c2ccccc2)c1.O=C(OCC1CO1)c1ccccc1. The number of benzene rings is 3. The molecule has 10 heteroatoms. The summed E-state index contributed by atoms with van der Waals surface area (Å²) in [6, 6.07) is 24.0. The van der Waals surface area contributed by atoms with Gasteiger partial charge in [-0.25, -0.2) is 9.59 Å². The third-order valence-electron chi connectivity index (χ3n) is 4.97. The molecule has 0 amide bonds. The molecule has 0 radical (unpaired) electrons. The van der Waals surface area contributed by atoms with Crippen molar-refractivity contribution in [2.45, 2.75) is 26.1 Å². The highest BCUT2D eigenvalue weighted by Gasteiger charge is 2.24. The normalized spacial score (nSPS) is 15.9. The van der Waals surface area contributed by atoms with Crippen LogP contribution < -0.4 is 9.47 Å². The molecular formula is C30H30O10. The zero-order valence-electron chi connectivity index (χ0n) is 22.1. The number of hydrogen-bond acceptors (Lipinski definition) is 10. The molecule has 2 atom stereocenters. The molecule has 0 N–H and O–H groups in total. The van der Waals surface area contributed by atoms with Crippen LogP contribution >= 0.6 is 0 Å². The van der Waals surface area contributed by atoms with E-state index in [1.807, 2.05) is 24.3 Å². The molecular weight excluding hydrogens is 520 g/mol. The molecule has 2 unspecified atom stereocenters. The maximum Gasteiger partial charge on any atom is 0.343 e. The summed E-state index contributed by atoms with van der Waals surface area (Å²) in [4.78, 5) is 44.1. The van der Waals surface area contributed by atoms with Crippen LogP contribution in [-0.4, -0.2) is 62.5 Å². The quantitative estimate of drug-likeness (QED) is 0.230. The zero-order valence-corrected chi connectivity index (χ0v) is 22.1. The van der Waals surface area contributed by atoms with E-state index in [1.54, 1.807) is 54.6 Å². The largest absolute Gasteiger partial charge is 0.463 e. The lowest BCUT2D eigenvalue weighted by Gasteiger charge is -2.06. The molecule has 0 aromatic heterocycles. The van der Waals surface area contributed by atoms with Gasteiger partial charge in [0.05, 0.1) is 24.3 Å². The lowest BCUT2D eigenvalue weighted by Crippen LogP contribution is -2.09. The number of carbonyl (C=O) groups excluding carboxylic acids is 4.